The number of aromatic nitrogens is 2. The van der Waals surface area contributed by atoms with E-state index in [-0.39, 0.29) is 6.04 Å². The molecule has 0 saturated carbocycles. The van der Waals surface area contributed by atoms with Gasteiger partial charge in [-0.3, -0.25) is 4.68 Å². The summed E-state index contributed by atoms with van der Waals surface area (Å²) in [5, 5.41) is 5.07. The molecule has 18 heavy (non-hydrogen) atoms. The Balaban J connectivity index is 2.50. The molecule has 0 fully saturated rings. The van der Waals surface area contributed by atoms with Crippen molar-refractivity contribution in [2.45, 2.75) is 32.9 Å². The summed E-state index contributed by atoms with van der Waals surface area (Å²) in [6, 6.07) is -0.0826. The fourth-order valence-electron chi connectivity index (χ4n) is 1.75. The number of hydrogen-bond acceptors (Lipinski definition) is 4. The molecule has 104 valence electrons. The number of methoxy groups -OCH3 is 1. The van der Waals surface area contributed by atoms with Gasteiger partial charge in [-0.2, -0.15) is 5.10 Å². The zero-order chi connectivity index (χ0) is 13.5. The maximum Gasteiger partial charge on any atom is 0.0847 e. The summed E-state index contributed by atoms with van der Waals surface area (Å²) >= 11 is 6.22. The third-order valence-electron chi connectivity index (χ3n) is 2.67. The topological polar surface area (TPSA) is 62.3 Å². The number of hydrogen-bond donors (Lipinski definition) is 1. The first kappa shape index (κ1) is 15.4. The van der Waals surface area contributed by atoms with E-state index < -0.39 is 0 Å². The Labute approximate surface area is 113 Å². The fraction of sp³-hybridized carbons (Fsp3) is 0.750. The van der Waals surface area contributed by atoms with E-state index in [1.54, 1.807) is 7.11 Å². The number of nitrogens with two attached hydrogens (primary N) is 1. The van der Waals surface area contributed by atoms with Gasteiger partial charge >= 0.3 is 0 Å². The minimum Gasteiger partial charge on any atom is -0.382 e. The third-order valence-corrected chi connectivity index (χ3v) is 3.16. The molecule has 0 aliphatic heterocycles. The second-order valence-corrected chi connectivity index (χ2v) is 4.57. The molecule has 0 spiro atoms. The van der Waals surface area contributed by atoms with Crippen molar-refractivity contribution in [3.05, 3.63) is 16.4 Å². The zero-order valence-electron chi connectivity index (χ0n) is 11.3. The van der Waals surface area contributed by atoms with Gasteiger partial charge in [0.25, 0.3) is 0 Å². The highest BCUT2D eigenvalue weighted by molar-refractivity contribution is 6.31. The molecule has 0 aliphatic carbocycles. The minimum atomic E-state index is -0.0826. The predicted octanol–water partition coefficient (Wildman–Crippen LogP) is 1.40. The van der Waals surface area contributed by atoms with Crippen LogP contribution in [0.2, 0.25) is 5.02 Å². The lowest BCUT2D eigenvalue weighted by atomic mass is 10.1. The summed E-state index contributed by atoms with van der Waals surface area (Å²) in [5.74, 6) is 0. The summed E-state index contributed by atoms with van der Waals surface area (Å²) in [7, 11) is 1.64. The number of nitrogens with zero attached hydrogens (tertiary/aromatic N) is 2. The van der Waals surface area contributed by atoms with E-state index >= 15 is 0 Å². The smallest absolute Gasteiger partial charge is 0.0847 e. The highest BCUT2D eigenvalue weighted by atomic mass is 35.5. The van der Waals surface area contributed by atoms with Crippen molar-refractivity contribution in [1.82, 2.24) is 9.78 Å². The van der Waals surface area contributed by atoms with Crippen LogP contribution in [0, 0.1) is 6.92 Å². The van der Waals surface area contributed by atoms with Crippen LogP contribution >= 0.6 is 11.6 Å². The highest BCUT2D eigenvalue weighted by Crippen LogP contribution is 2.21. The van der Waals surface area contributed by atoms with Crippen LogP contribution in [0.1, 0.15) is 18.3 Å². The normalized spacial score (nSPS) is 12.9. The molecule has 0 amide bonds. The Morgan fingerprint density at radius 1 is 1.44 bits per heavy atom. The molecular formula is C12H22ClN3O2. The van der Waals surface area contributed by atoms with Gasteiger partial charge < -0.3 is 15.2 Å². The molecule has 1 heterocycles. The first-order valence-corrected chi connectivity index (χ1v) is 6.52. The summed E-state index contributed by atoms with van der Waals surface area (Å²) in [4.78, 5) is 0. The van der Waals surface area contributed by atoms with Crippen LogP contribution in [0.3, 0.4) is 0 Å². The third kappa shape index (κ3) is 4.24. The Bertz CT molecular complexity index is 368. The van der Waals surface area contributed by atoms with E-state index in [9.17, 15) is 0 Å². The average molecular weight is 276 g/mol. The van der Waals surface area contributed by atoms with E-state index in [0.717, 1.165) is 17.9 Å². The van der Waals surface area contributed by atoms with Crippen LogP contribution in [-0.2, 0) is 22.4 Å². The average Bonchev–Trinajstić information content (AvgIpc) is 2.62. The van der Waals surface area contributed by atoms with Gasteiger partial charge in [0.15, 0.2) is 0 Å². The van der Waals surface area contributed by atoms with E-state index in [2.05, 4.69) is 5.10 Å². The Kier molecular flexibility index (Phi) is 6.63. The lowest BCUT2D eigenvalue weighted by Gasteiger charge is -2.13. The first-order chi connectivity index (χ1) is 8.60. The van der Waals surface area contributed by atoms with Crippen molar-refractivity contribution >= 4 is 11.6 Å². The SMILES string of the molecule is CCn1nc(C)c(Cl)c1CC(N)COCCOC. The molecule has 1 unspecified atom stereocenters. The standard InChI is InChI=1S/C12H22ClN3O2/c1-4-16-11(12(13)9(2)15-16)7-10(14)8-18-6-5-17-3/h10H,4-8,14H2,1-3H3. The molecule has 1 rings (SSSR count). The summed E-state index contributed by atoms with van der Waals surface area (Å²) in [5.41, 5.74) is 7.86. The van der Waals surface area contributed by atoms with Crippen LogP contribution in [0.25, 0.3) is 0 Å². The largest absolute Gasteiger partial charge is 0.382 e. The van der Waals surface area contributed by atoms with Gasteiger partial charge in [-0.1, -0.05) is 11.6 Å². The quantitative estimate of drug-likeness (QED) is 0.729. The lowest BCUT2D eigenvalue weighted by molar-refractivity contribution is 0.0635. The van der Waals surface area contributed by atoms with Crippen LogP contribution in [0.15, 0.2) is 0 Å². The lowest BCUT2D eigenvalue weighted by Crippen LogP contribution is -2.30. The Morgan fingerprint density at radius 3 is 2.78 bits per heavy atom. The first-order valence-electron chi connectivity index (χ1n) is 6.14. The van der Waals surface area contributed by atoms with E-state index in [1.165, 1.54) is 0 Å². The summed E-state index contributed by atoms with van der Waals surface area (Å²) < 4.78 is 12.2. The van der Waals surface area contributed by atoms with Gasteiger partial charge in [-0.05, 0) is 13.8 Å². The summed E-state index contributed by atoms with van der Waals surface area (Å²) in [6.07, 6.45) is 0.667. The molecule has 0 radical (unpaired) electrons. The predicted molar refractivity (Wildman–Crippen MR) is 72.0 cm³/mol. The van der Waals surface area contributed by atoms with Gasteiger partial charge in [0.05, 0.1) is 36.2 Å². The van der Waals surface area contributed by atoms with Crippen molar-refractivity contribution in [2.75, 3.05) is 26.9 Å². The second kappa shape index (κ2) is 7.74. The fourth-order valence-corrected chi connectivity index (χ4v) is 1.96. The Morgan fingerprint density at radius 2 is 2.17 bits per heavy atom. The zero-order valence-corrected chi connectivity index (χ0v) is 12.0. The molecule has 1 atom stereocenters. The minimum absolute atomic E-state index is 0.0826. The molecule has 0 saturated heterocycles. The molecule has 1 aromatic heterocycles. The van der Waals surface area contributed by atoms with Gasteiger partial charge in [0, 0.05) is 26.1 Å². The van der Waals surface area contributed by atoms with Crippen LogP contribution in [0.5, 0.6) is 0 Å². The second-order valence-electron chi connectivity index (χ2n) is 4.19. The monoisotopic (exact) mass is 275 g/mol. The van der Waals surface area contributed by atoms with Crippen LogP contribution < -0.4 is 5.73 Å². The number of rotatable bonds is 8. The van der Waals surface area contributed by atoms with Gasteiger partial charge in [-0.25, -0.2) is 0 Å². The van der Waals surface area contributed by atoms with Gasteiger partial charge in [0.1, 0.15) is 0 Å². The van der Waals surface area contributed by atoms with E-state index in [1.807, 2.05) is 18.5 Å². The molecule has 6 heteroatoms. The maximum absolute atomic E-state index is 6.22. The van der Waals surface area contributed by atoms with Crippen molar-refractivity contribution < 1.29 is 9.47 Å². The summed E-state index contributed by atoms with van der Waals surface area (Å²) in [6.45, 7) is 6.36. The molecule has 5 nitrogen and oxygen atoms in total. The maximum atomic E-state index is 6.22. The van der Waals surface area contributed by atoms with Crippen molar-refractivity contribution in [3.8, 4) is 0 Å². The molecule has 0 aromatic carbocycles. The Hall–Kier alpha value is -0.620. The van der Waals surface area contributed by atoms with Crippen molar-refractivity contribution in [1.29, 1.82) is 0 Å². The van der Waals surface area contributed by atoms with E-state index in [4.69, 9.17) is 26.8 Å². The van der Waals surface area contributed by atoms with Gasteiger partial charge in [0.2, 0.25) is 0 Å². The van der Waals surface area contributed by atoms with Gasteiger partial charge in [-0.15, -0.1) is 0 Å². The molecule has 2 N–H and O–H groups in total. The number of halogens is 1. The van der Waals surface area contributed by atoms with Crippen molar-refractivity contribution in [2.24, 2.45) is 5.73 Å². The van der Waals surface area contributed by atoms with Crippen LogP contribution in [-0.4, -0.2) is 42.8 Å². The molecule has 0 bridgehead atoms. The van der Waals surface area contributed by atoms with Crippen molar-refractivity contribution in [3.63, 3.8) is 0 Å². The molecular weight excluding hydrogens is 254 g/mol. The number of aryl methyl sites for hydroxylation is 2. The highest BCUT2D eigenvalue weighted by Gasteiger charge is 2.15. The van der Waals surface area contributed by atoms with E-state index in [0.29, 0.717) is 31.3 Å². The number of ether oxygens (including phenoxy) is 2. The molecule has 0 aliphatic rings. The van der Waals surface area contributed by atoms with Crippen LogP contribution in [0.4, 0.5) is 0 Å². The molecule has 1 aromatic rings.